The van der Waals surface area contributed by atoms with E-state index in [-0.39, 0.29) is 11.9 Å². The molecule has 5 aromatic rings. The lowest BCUT2D eigenvalue weighted by Crippen LogP contribution is -2.29. The monoisotopic (exact) mass is 562 g/mol. The number of aryl methyl sites for hydroxylation is 2. The van der Waals surface area contributed by atoms with Crippen LogP contribution in [0.5, 0.6) is 17.2 Å². The molecule has 5 rings (SSSR count). The fourth-order valence-electron chi connectivity index (χ4n) is 6.25. The van der Waals surface area contributed by atoms with Gasteiger partial charge in [-0.1, -0.05) is 65.8 Å². The maximum atomic E-state index is 13.5. The van der Waals surface area contributed by atoms with E-state index in [2.05, 4.69) is 70.5 Å². The largest absolute Gasteiger partial charge is 0.573 e. The highest BCUT2D eigenvalue weighted by Gasteiger charge is 2.33. The second-order valence-electron chi connectivity index (χ2n) is 11.4. The van der Waals surface area contributed by atoms with Crippen molar-refractivity contribution in [2.75, 3.05) is 7.11 Å². The summed E-state index contributed by atoms with van der Waals surface area (Å²) in [5, 5.41) is 6.21. The van der Waals surface area contributed by atoms with Crippen molar-refractivity contribution < 1.29 is 27.4 Å². The molecular formula is C35H37F3O3. The predicted octanol–water partition coefficient (Wildman–Crippen LogP) is 10.3. The molecule has 0 N–H and O–H groups in total. The lowest BCUT2D eigenvalue weighted by Gasteiger charge is -2.29. The van der Waals surface area contributed by atoms with Crippen molar-refractivity contribution in [1.29, 1.82) is 0 Å². The van der Waals surface area contributed by atoms with Gasteiger partial charge >= 0.3 is 6.36 Å². The lowest BCUT2D eigenvalue weighted by atomic mass is 9.84. The third-order valence-corrected chi connectivity index (χ3v) is 8.03. The van der Waals surface area contributed by atoms with Crippen molar-refractivity contribution in [2.45, 2.75) is 66.9 Å². The summed E-state index contributed by atoms with van der Waals surface area (Å²) in [6, 6.07) is 17.1. The molecule has 0 spiro atoms. The topological polar surface area (TPSA) is 27.7 Å². The summed E-state index contributed by atoms with van der Waals surface area (Å²) in [5.41, 5.74) is 3.25. The van der Waals surface area contributed by atoms with E-state index in [1.54, 1.807) is 12.1 Å². The maximum Gasteiger partial charge on any atom is 0.573 e. The molecule has 0 unspecified atom stereocenters. The van der Waals surface area contributed by atoms with Gasteiger partial charge in [-0.3, -0.25) is 0 Å². The normalized spacial score (nSPS) is 12.5. The molecule has 0 aliphatic rings. The van der Waals surface area contributed by atoms with Gasteiger partial charge in [0.1, 0.15) is 23.4 Å². The van der Waals surface area contributed by atoms with E-state index in [0.29, 0.717) is 35.1 Å². The lowest BCUT2D eigenvalue weighted by molar-refractivity contribution is -0.274. The van der Waals surface area contributed by atoms with Crippen molar-refractivity contribution in [2.24, 2.45) is 11.8 Å². The number of ether oxygens (including phenoxy) is 3. The average Bonchev–Trinajstić information content (AvgIpc) is 2.93. The third kappa shape index (κ3) is 5.25. The van der Waals surface area contributed by atoms with Crippen molar-refractivity contribution in [3.63, 3.8) is 0 Å². The molecule has 41 heavy (non-hydrogen) atoms. The molecule has 0 radical (unpaired) electrons. The van der Waals surface area contributed by atoms with Gasteiger partial charge in [0.05, 0.1) is 7.11 Å². The molecule has 0 saturated carbocycles. The zero-order valence-corrected chi connectivity index (χ0v) is 24.7. The van der Waals surface area contributed by atoms with E-state index < -0.39 is 6.36 Å². The molecule has 0 fully saturated rings. The summed E-state index contributed by atoms with van der Waals surface area (Å²) >= 11 is 0. The molecule has 0 saturated heterocycles. The average molecular weight is 563 g/mol. The van der Waals surface area contributed by atoms with Crippen molar-refractivity contribution in [1.82, 2.24) is 0 Å². The quantitative estimate of drug-likeness (QED) is 0.167. The van der Waals surface area contributed by atoms with Crippen molar-refractivity contribution in [3.8, 4) is 28.4 Å². The smallest absolute Gasteiger partial charge is 0.497 e. The molecule has 0 amide bonds. The molecule has 216 valence electrons. The number of halogens is 3. The minimum absolute atomic E-state index is 0.0424. The van der Waals surface area contributed by atoms with E-state index in [9.17, 15) is 13.2 Å². The van der Waals surface area contributed by atoms with Gasteiger partial charge < -0.3 is 14.2 Å². The Morgan fingerprint density at radius 1 is 0.707 bits per heavy atom. The second kappa shape index (κ2) is 11.0. The number of methoxy groups -OCH3 is 1. The Morgan fingerprint density at radius 3 is 1.95 bits per heavy atom. The molecule has 0 aliphatic heterocycles. The Kier molecular flexibility index (Phi) is 7.71. The second-order valence-corrected chi connectivity index (χ2v) is 11.4. The van der Waals surface area contributed by atoms with Gasteiger partial charge in [-0.25, -0.2) is 0 Å². The van der Waals surface area contributed by atoms with E-state index >= 15 is 0 Å². The first-order valence-electron chi connectivity index (χ1n) is 14.3. The van der Waals surface area contributed by atoms with Crippen LogP contribution in [0.4, 0.5) is 13.2 Å². The number of alkyl halides is 3. The van der Waals surface area contributed by atoms with Gasteiger partial charge in [0, 0.05) is 22.4 Å². The predicted molar refractivity (Wildman–Crippen MR) is 162 cm³/mol. The molecule has 0 aliphatic carbocycles. The van der Waals surface area contributed by atoms with Gasteiger partial charge in [0.2, 0.25) is 0 Å². The van der Waals surface area contributed by atoms with Crippen molar-refractivity contribution in [3.05, 3.63) is 65.7 Å². The molecule has 3 nitrogen and oxygen atoms in total. The standard InChI is InChI=1S/C35H37F3O3/c1-8-21-17-28-31-24(16-22(9-2)34(28)40-33(19(3)4)20(5)6)11-10-23-12-14-27(30(21)32(23)31)26-15-13-25(39-7)18-29(26)41-35(36,37)38/h10-20,33H,8-9H2,1-7H3. The Hall–Kier alpha value is -3.67. The zero-order valence-electron chi connectivity index (χ0n) is 24.7. The van der Waals surface area contributed by atoms with Crippen LogP contribution in [0.1, 0.15) is 52.7 Å². The summed E-state index contributed by atoms with van der Waals surface area (Å²) in [4.78, 5) is 0. The highest BCUT2D eigenvalue weighted by atomic mass is 19.4. The molecule has 0 bridgehead atoms. The Balaban J connectivity index is 1.88. The first-order chi connectivity index (χ1) is 19.5. The van der Waals surface area contributed by atoms with Gasteiger partial charge in [-0.15, -0.1) is 13.2 Å². The molecular weight excluding hydrogens is 525 g/mol. The van der Waals surface area contributed by atoms with E-state index in [1.807, 2.05) is 12.1 Å². The number of rotatable bonds is 9. The summed E-state index contributed by atoms with van der Waals surface area (Å²) in [7, 11) is 1.42. The van der Waals surface area contributed by atoms with Gasteiger partial charge in [-0.05, 0) is 87.2 Å². The van der Waals surface area contributed by atoms with Gasteiger partial charge in [-0.2, -0.15) is 0 Å². The Labute approximate surface area is 239 Å². The highest BCUT2D eigenvalue weighted by Crippen LogP contribution is 2.48. The zero-order chi connectivity index (χ0) is 29.6. The summed E-state index contributed by atoms with van der Waals surface area (Å²) < 4.78 is 57.2. The van der Waals surface area contributed by atoms with E-state index in [1.165, 1.54) is 13.2 Å². The first kappa shape index (κ1) is 28.8. The molecule has 0 atom stereocenters. The fraction of sp³-hybridized carbons (Fsp3) is 0.371. The van der Waals surface area contributed by atoms with Crippen LogP contribution in [0.25, 0.3) is 43.4 Å². The summed E-state index contributed by atoms with van der Waals surface area (Å²) in [5.74, 6) is 1.57. The van der Waals surface area contributed by atoms with E-state index in [4.69, 9.17) is 9.47 Å². The fourth-order valence-corrected chi connectivity index (χ4v) is 6.25. The Bertz CT molecular complexity index is 1690. The molecule has 5 aromatic carbocycles. The minimum atomic E-state index is -4.84. The molecule has 0 heterocycles. The number of hydrogen-bond donors (Lipinski definition) is 0. The van der Waals surface area contributed by atoms with Crippen LogP contribution in [0.3, 0.4) is 0 Å². The molecule has 6 heteroatoms. The Morgan fingerprint density at radius 2 is 1.34 bits per heavy atom. The van der Waals surface area contributed by atoms with Crippen LogP contribution in [0.2, 0.25) is 0 Å². The molecule has 0 aromatic heterocycles. The van der Waals surface area contributed by atoms with Crippen LogP contribution in [0, 0.1) is 11.8 Å². The minimum Gasteiger partial charge on any atom is -0.497 e. The van der Waals surface area contributed by atoms with Gasteiger partial charge in [0.15, 0.2) is 0 Å². The summed E-state index contributed by atoms with van der Waals surface area (Å²) in [6.45, 7) is 13.0. The third-order valence-electron chi connectivity index (χ3n) is 8.03. The SMILES string of the molecule is CCc1cc2ccc3ccc(-c4ccc(OC)cc4OC(F)(F)F)c4c(CC)cc(c1OC(C(C)C)C(C)C)c2c34. The number of benzene rings is 5. The van der Waals surface area contributed by atoms with Crippen LogP contribution >= 0.6 is 0 Å². The van der Waals surface area contributed by atoms with Crippen molar-refractivity contribution >= 4 is 32.3 Å². The van der Waals surface area contributed by atoms with Crippen LogP contribution in [-0.4, -0.2) is 19.6 Å². The maximum absolute atomic E-state index is 13.5. The van der Waals surface area contributed by atoms with Crippen LogP contribution in [0.15, 0.2) is 54.6 Å². The van der Waals surface area contributed by atoms with Crippen LogP contribution < -0.4 is 14.2 Å². The van der Waals surface area contributed by atoms with Crippen LogP contribution in [-0.2, 0) is 12.8 Å². The van der Waals surface area contributed by atoms with E-state index in [0.717, 1.165) is 55.6 Å². The summed E-state index contributed by atoms with van der Waals surface area (Å²) in [6.07, 6.45) is -3.28. The van der Waals surface area contributed by atoms with Gasteiger partial charge in [0.25, 0.3) is 0 Å². The first-order valence-corrected chi connectivity index (χ1v) is 14.3. The highest BCUT2D eigenvalue weighted by molar-refractivity contribution is 6.27. The number of hydrogen-bond acceptors (Lipinski definition) is 3.